The summed E-state index contributed by atoms with van der Waals surface area (Å²) in [5.74, 6) is 0. The summed E-state index contributed by atoms with van der Waals surface area (Å²) in [5.41, 5.74) is 0. The van der Waals surface area contributed by atoms with Crippen molar-refractivity contribution in [1.82, 2.24) is 10.2 Å². The second-order valence-corrected chi connectivity index (χ2v) is 5.53. The minimum Gasteiger partial charge on any atom is -0.383 e. The zero-order valence-corrected chi connectivity index (χ0v) is 14.3. The Morgan fingerprint density at radius 3 is 2.40 bits per heavy atom. The van der Waals surface area contributed by atoms with Crippen LogP contribution < -0.4 is 5.32 Å². The van der Waals surface area contributed by atoms with Gasteiger partial charge in [-0.15, -0.1) is 0 Å². The average molecular weight is 288 g/mol. The minimum atomic E-state index is 0.457. The van der Waals surface area contributed by atoms with E-state index in [1.54, 1.807) is 14.2 Å². The molecule has 4 nitrogen and oxygen atoms in total. The Bertz CT molecular complexity index is 203. The maximum absolute atomic E-state index is 5.27. The Morgan fingerprint density at radius 1 is 1.10 bits per heavy atom. The minimum absolute atomic E-state index is 0.457. The highest BCUT2D eigenvalue weighted by molar-refractivity contribution is 4.70. The quantitative estimate of drug-likeness (QED) is 0.532. The second-order valence-electron chi connectivity index (χ2n) is 5.53. The topological polar surface area (TPSA) is 33.7 Å². The molecule has 0 spiro atoms. The summed E-state index contributed by atoms with van der Waals surface area (Å²) in [7, 11) is 3.54. The molecule has 0 heterocycles. The van der Waals surface area contributed by atoms with E-state index in [0.717, 1.165) is 32.8 Å². The van der Waals surface area contributed by atoms with Crippen molar-refractivity contribution in [2.75, 3.05) is 47.1 Å². The van der Waals surface area contributed by atoms with Crippen LogP contribution in [0, 0.1) is 0 Å². The fraction of sp³-hybridized carbons (Fsp3) is 1.00. The average Bonchev–Trinajstić information content (AvgIpc) is 2.46. The van der Waals surface area contributed by atoms with E-state index in [2.05, 4.69) is 31.0 Å². The molecule has 0 aliphatic rings. The molecule has 0 fully saturated rings. The van der Waals surface area contributed by atoms with Gasteiger partial charge in [-0.2, -0.15) is 0 Å². The normalized spacial score (nSPS) is 14.7. The highest BCUT2D eigenvalue weighted by Gasteiger charge is 2.14. The van der Waals surface area contributed by atoms with Gasteiger partial charge < -0.3 is 14.8 Å². The van der Waals surface area contributed by atoms with Crippen molar-refractivity contribution in [2.45, 2.75) is 58.5 Å². The zero-order chi connectivity index (χ0) is 15.2. The molecule has 1 N–H and O–H groups in total. The molecular weight excluding hydrogens is 252 g/mol. The van der Waals surface area contributed by atoms with Crippen molar-refractivity contribution in [3.8, 4) is 0 Å². The van der Waals surface area contributed by atoms with E-state index in [-0.39, 0.29) is 0 Å². The van der Waals surface area contributed by atoms with Gasteiger partial charge in [-0.05, 0) is 45.7 Å². The monoisotopic (exact) mass is 288 g/mol. The lowest BCUT2D eigenvalue weighted by Crippen LogP contribution is -2.40. The number of hydrogen-bond acceptors (Lipinski definition) is 4. The third-order valence-electron chi connectivity index (χ3n) is 3.79. The van der Waals surface area contributed by atoms with E-state index >= 15 is 0 Å². The lowest BCUT2D eigenvalue weighted by Gasteiger charge is -2.29. The highest BCUT2D eigenvalue weighted by atomic mass is 16.5. The largest absolute Gasteiger partial charge is 0.383 e. The van der Waals surface area contributed by atoms with Gasteiger partial charge in [-0.1, -0.05) is 13.8 Å². The van der Waals surface area contributed by atoms with Crippen molar-refractivity contribution in [1.29, 1.82) is 0 Å². The van der Waals surface area contributed by atoms with Crippen LogP contribution in [0.4, 0.5) is 0 Å². The molecule has 2 atom stereocenters. The standard InChI is InChI=1S/C16H36N2O2/c1-6-10-17-16(7-2)9-8-11-18(12-13-19-4)15(3)14-20-5/h15-17H,6-14H2,1-5H3. The van der Waals surface area contributed by atoms with Gasteiger partial charge >= 0.3 is 0 Å². The van der Waals surface area contributed by atoms with Gasteiger partial charge in [-0.3, -0.25) is 4.90 Å². The fourth-order valence-electron chi connectivity index (χ4n) is 2.45. The Balaban J connectivity index is 4.03. The van der Waals surface area contributed by atoms with Crippen LogP contribution in [-0.2, 0) is 9.47 Å². The van der Waals surface area contributed by atoms with Crippen LogP contribution in [0.2, 0.25) is 0 Å². The number of methoxy groups -OCH3 is 2. The molecule has 0 bridgehead atoms. The van der Waals surface area contributed by atoms with Crippen molar-refractivity contribution in [3.05, 3.63) is 0 Å². The van der Waals surface area contributed by atoms with Gasteiger partial charge in [0.25, 0.3) is 0 Å². The first-order valence-corrected chi connectivity index (χ1v) is 8.14. The first-order valence-electron chi connectivity index (χ1n) is 8.14. The second kappa shape index (κ2) is 13.8. The van der Waals surface area contributed by atoms with Crippen molar-refractivity contribution >= 4 is 0 Å². The van der Waals surface area contributed by atoms with Crippen molar-refractivity contribution in [3.63, 3.8) is 0 Å². The maximum atomic E-state index is 5.27. The summed E-state index contributed by atoms with van der Waals surface area (Å²) in [6, 6.07) is 1.12. The number of nitrogens with one attached hydrogen (secondary N) is 1. The molecule has 0 amide bonds. The lowest BCUT2D eigenvalue weighted by atomic mass is 10.1. The molecule has 20 heavy (non-hydrogen) atoms. The van der Waals surface area contributed by atoms with Gasteiger partial charge in [0.2, 0.25) is 0 Å². The summed E-state index contributed by atoms with van der Waals surface area (Å²) in [5, 5.41) is 3.62. The van der Waals surface area contributed by atoms with Crippen LogP contribution >= 0.6 is 0 Å². The van der Waals surface area contributed by atoms with Gasteiger partial charge in [0.15, 0.2) is 0 Å². The Labute approximate surface area is 126 Å². The van der Waals surface area contributed by atoms with Crippen LogP contribution in [0.3, 0.4) is 0 Å². The summed E-state index contributed by atoms with van der Waals surface area (Å²) < 4.78 is 10.5. The predicted octanol–water partition coefficient (Wildman–Crippen LogP) is 2.53. The van der Waals surface area contributed by atoms with E-state index in [4.69, 9.17) is 9.47 Å². The first-order chi connectivity index (χ1) is 9.69. The van der Waals surface area contributed by atoms with Crippen LogP contribution in [0.25, 0.3) is 0 Å². The Morgan fingerprint density at radius 2 is 1.85 bits per heavy atom. The molecule has 0 aliphatic carbocycles. The van der Waals surface area contributed by atoms with Gasteiger partial charge in [0.1, 0.15) is 0 Å². The molecule has 0 aromatic carbocycles. The molecule has 122 valence electrons. The third kappa shape index (κ3) is 9.70. The molecule has 0 saturated heterocycles. The van der Waals surface area contributed by atoms with Gasteiger partial charge in [0, 0.05) is 32.8 Å². The van der Waals surface area contributed by atoms with Crippen LogP contribution in [-0.4, -0.2) is 64.1 Å². The van der Waals surface area contributed by atoms with Gasteiger partial charge in [0.05, 0.1) is 13.2 Å². The lowest BCUT2D eigenvalue weighted by molar-refractivity contribution is 0.0735. The summed E-state index contributed by atoms with van der Waals surface area (Å²) in [6.45, 7) is 11.5. The number of ether oxygens (including phenoxy) is 2. The van der Waals surface area contributed by atoms with E-state index < -0.39 is 0 Å². The molecule has 0 aliphatic heterocycles. The molecular formula is C16H36N2O2. The summed E-state index contributed by atoms with van der Waals surface area (Å²) in [6.07, 6.45) is 4.90. The molecule has 4 heteroatoms. The van der Waals surface area contributed by atoms with E-state index in [1.165, 1.54) is 25.7 Å². The molecule has 0 aromatic heterocycles. The third-order valence-corrected chi connectivity index (χ3v) is 3.79. The first kappa shape index (κ1) is 19.8. The highest BCUT2D eigenvalue weighted by Crippen LogP contribution is 2.07. The van der Waals surface area contributed by atoms with E-state index in [1.807, 2.05) is 0 Å². The molecule has 2 unspecified atom stereocenters. The van der Waals surface area contributed by atoms with Crippen LogP contribution in [0.1, 0.15) is 46.5 Å². The number of hydrogen-bond donors (Lipinski definition) is 1. The van der Waals surface area contributed by atoms with E-state index in [0.29, 0.717) is 12.1 Å². The Hall–Kier alpha value is -0.160. The summed E-state index contributed by atoms with van der Waals surface area (Å²) in [4.78, 5) is 2.47. The summed E-state index contributed by atoms with van der Waals surface area (Å²) >= 11 is 0. The van der Waals surface area contributed by atoms with Crippen LogP contribution in [0.5, 0.6) is 0 Å². The van der Waals surface area contributed by atoms with Crippen molar-refractivity contribution in [2.24, 2.45) is 0 Å². The van der Waals surface area contributed by atoms with Crippen molar-refractivity contribution < 1.29 is 9.47 Å². The van der Waals surface area contributed by atoms with Crippen LogP contribution in [0.15, 0.2) is 0 Å². The molecule has 0 rings (SSSR count). The fourth-order valence-corrected chi connectivity index (χ4v) is 2.45. The maximum Gasteiger partial charge on any atom is 0.0615 e. The van der Waals surface area contributed by atoms with E-state index in [9.17, 15) is 0 Å². The SMILES string of the molecule is CCCNC(CC)CCCN(CCOC)C(C)COC. The Kier molecular flexibility index (Phi) is 13.7. The smallest absolute Gasteiger partial charge is 0.0615 e. The number of rotatable bonds is 14. The number of nitrogens with zero attached hydrogens (tertiary/aromatic N) is 1. The predicted molar refractivity (Wildman–Crippen MR) is 86.4 cm³/mol. The van der Waals surface area contributed by atoms with Gasteiger partial charge in [-0.25, -0.2) is 0 Å². The molecule has 0 radical (unpaired) electrons. The zero-order valence-electron chi connectivity index (χ0n) is 14.3. The molecule has 0 aromatic rings. The molecule has 0 saturated carbocycles.